The van der Waals surface area contributed by atoms with Crippen LogP contribution in [0.25, 0.3) is 0 Å². The van der Waals surface area contributed by atoms with Gasteiger partial charge in [-0.1, -0.05) is 48.5 Å². The summed E-state index contributed by atoms with van der Waals surface area (Å²) >= 11 is 0. The van der Waals surface area contributed by atoms with E-state index in [0.29, 0.717) is 0 Å². The van der Waals surface area contributed by atoms with Crippen molar-refractivity contribution in [3.63, 3.8) is 0 Å². The SMILES string of the molecule is CNCC(CCCc1ccccc1)c1ccccc1F. The number of hydrogen-bond acceptors (Lipinski definition) is 1. The number of benzene rings is 2. The third-order valence-corrected chi connectivity index (χ3v) is 3.66. The number of aryl methyl sites for hydroxylation is 1. The van der Waals surface area contributed by atoms with Crippen LogP contribution in [-0.4, -0.2) is 13.6 Å². The van der Waals surface area contributed by atoms with Crippen LogP contribution in [0.15, 0.2) is 54.6 Å². The van der Waals surface area contributed by atoms with Crippen molar-refractivity contribution in [1.29, 1.82) is 0 Å². The van der Waals surface area contributed by atoms with Crippen molar-refractivity contribution in [3.05, 3.63) is 71.5 Å². The van der Waals surface area contributed by atoms with E-state index >= 15 is 0 Å². The van der Waals surface area contributed by atoms with Crippen LogP contribution in [0, 0.1) is 5.82 Å². The van der Waals surface area contributed by atoms with E-state index in [1.807, 2.05) is 25.2 Å². The van der Waals surface area contributed by atoms with Crippen LogP contribution in [0.3, 0.4) is 0 Å². The van der Waals surface area contributed by atoms with Crippen molar-refractivity contribution in [2.45, 2.75) is 25.2 Å². The molecule has 1 nitrogen and oxygen atoms in total. The second-order valence-electron chi connectivity index (χ2n) is 5.15. The van der Waals surface area contributed by atoms with Gasteiger partial charge >= 0.3 is 0 Å². The molecule has 106 valence electrons. The van der Waals surface area contributed by atoms with Crippen molar-refractivity contribution in [1.82, 2.24) is 5.32 Å². The van der Waals surface area contributed by atoms with Crippen LogP contribution in [-0.2, 0) is 6.42 Å². The summed E-state index contributed by atoms with van der Waals surface area (Å²) in [5.41, 5.74) is 2.18. The Labute approximate surface area is 120 Å². The quantitative estimate of drug-likeness (QED) is 0.797. The Morgan fingerprint density at radius 2 is 1.70 bits per heavy atom. The molecule has 1 N–H and O–H groups in total. The van der Waals surface area contributed by atoms with E-state index in [1.165, 1.54) is 5.56 Å². The second kappa shape index (κ2) is 7.81. The molecule has 2 heteroatoms. The van der Waals surface area contributed by atoms with Crippen LogP contribution in [0.5, 0.6) is 0 Å². The van der Waals surface area contributed by atoms with Gasteiger partial charge < -0.3 is 5.32 Å². The summed E-state index contributed by atoms with van der Waals surface area (Å²) in [6, 6.07) is 17.6. The highest BCUT2D eigenvalue weighted by molar-refractivity contribution is 5.22. The lowest BCUT2D eigenvalue weighted by Gasteiger charge is -2.17. The van der Waals surface area contributed by atoms with E-state index in [4.69, 9.17) is 0 Å². The maximum absolute atomic E-state index is 13.9. The molecule has 1 atom stereocenters. The molecule has 2 aromatic rings. The summed E-state index contributed by atoms with van der Waals surface area (Å²) in [5, 5.41) is 3.18. The Morgan fingerprint density at radius 1 is 1.00 bits per heavy atom. The van der Waals surface area contributed by atoms with E-state index in [2.05, 4.69) is 29.6 Å². The molecule has 0 fully saturated rings. The number of rotatable bonds is 7. The monoisotopic (exact) mass is 271 g/mol. The number of nitrogens with one attached hydrogen (secondary N) is 1. The summed E-state index contributed by atoms with van der Waals surface area (Å²) < 4.78 is 13.9. The molecule has 0 aliphatic heterocycles. The highest BCUT2D eigenvalue weighted by Gasteiger charge is 2.14. The molecule has 0 aliphatic rings. The van der Waals surface area contributed by atoms with Crippen molar-refractivity contribution in [3.8, 4) is 0 Å². The van der Waals surface area contributed by atoms with Gasteiger partial charge in [-0.2, -0.15) is 0 Å². The molecule has 0 aliphatic carbocycles. The number of hydrogen-bond donors (Lipinski definition) is 1. The average molecular weight is 271 g/mol. The van der Waals surface area contributed by atoms with Gasteiger partial charge in [0.25, 0.3) is 0 Å². The minimum Gasteiger partial charge on any atom is -0.319 e. The predicted molar refractivity (Wildman–Crippen MR) is 82.4 cm³/mol. The normalized spacial score (nSPS) is 12.3. The molecule has 1 unspecified atom stereocenters. The minimum atomic E-state index is -0.0903. The van der Waals surface area contributed by atoms with Gasteiger partial charge in [0.1, 0.15) is 5.82 Å². The molecule has 2 aromatic carbocycles. The fourth-order valence-corrected chi connectivity index (χ4v) is 2.62. The summed E-state index contributed by atoms with van der Waals surface area (Å²) in [5.74, 6) is 0.150. The van der Waals surface area contributed by atoms with Crippen molar-refractivity contribution < 1.29 is 4.39 Å². The minimum absolute atomic E-state index is 0.0903. The first kappa shape index (κ1) is 14.7. The van der Waals surface area contributed by atoms with Gasteiger partial charge in [-0.15, -0.1) is 0 Å². The predicted octanol–water partition coefficient (Wildman–Crippen LogP) is 4.15. The molecule has 0 aromatic heterocycles. The Kier molecular flexibility index (Phi) is 5.75. The zero-order chi connectivity index (χ0) is 14.2. The Bertz CT molecular complexity index is 510. The van der Waals surface area contributed by atoms with Gasteiger partial charge in [0, 0.05) is 6.54 Å². The van der Waals surface area contributed by atoms with E-state index in [9.17, 15) is 4.39 Å². The van der Waals surface area contributed by atoms with Crippen LogP contribution in [0.2, 0.25) is 0 Å². The Hall–Kier alpha value is -1.67. The van der Waals surface area contributed by atoms with Crippen LogP contribution < -0.4 is 5.32 Å². The lowest BCUT2D eigenvalue weighted by atomic mass is 9.92. The molecule has 2 rings (SSSR count). The summed E-state index contributed by atoms with van der Waals surface area (Å²) in [6.45, 7) is 0.815. The zero-order valence-corrected chi connectivity index (χ0v) is 12.0. The van der Waals surface area contributed by atoms with Crippen LogP contribution in [0.1, 0.15) is 29.9 Å². The molecule has 0 saturated heterocycles. The van der Waals surface area contributed by atoms with Gasteiger partial charge in [-0.3, -0.25) is 0 Å². The molecular formula is C18H22FN. The van der Waals surface area contributed by atoms with E-state index in [-0.39, 0.29) is 11.7 Å². The van der Waals surface area contributed by atoms with Crippen LogP contribution >= 0.6 is 0 Å². The van der Waals surface area contributed by atoms with E-state index in [1.54, 1.807) is 12.1 Å². The van der Waals surface area contributed by atoms with Crippen LogP contribution in [0.4, 0.5) is 4.39 Å². The standard InChI is InChI=1S/C18H22FN/c1-20-14-16(17-12-5-6-13-18(17)19)11-7-10-15-8-3-2-4-9-15/h2-6,8-9,12-13,16,20H,7,10-11,14H2,1H3. The van der Waals surface area contributed by atoms with Gasteiger partial charge in [-0.25, -0.2) is 4.39 Å². The molecule has 0 spiro atoms. The number of likely N-dealkylation sites (N-methyl/N-ethyl adjacent to an activating group) is 1. The van der Waals surface area contributed by atoms with E-state index in [0.717, 1.165) is 31.4 Å². The van der Waals surface area contributed by atoms with Crippen molar-refractivity contribution >= 4 is 0 Å². The smallest absolute Gasteiger partial charge is 0.126 e. The van der Waals surface area contributed by atoms with Gasteiger partial charge in [0.2, 0.25) is 0 Å². The first-order valence-electron chi connectivity index (χ1n) is 7.24. The Balaban J connectivity index is 1.95. The first-order chi connectivity index (χ1) is 9.81. The highest BCUT2D eigenvalue weighted by Crippen LogP contribution is 2.24. The molecule has 0 bridgehead atoms. The third-order valence-electron chi connectivity index (χ3n) is 3.66. The largest absolute Gasteiger partial charge is 0.319 e. The maximum Gasteiger partial charge on any atom is 0.126 e. The van der Waals surface area contributed by atoms with E-state index < -0.39 is 0 Å². The van der Waals surface area contributed by atoms with Gasteiger partial charge in [-0.05, 0) is 49.4 Å². The van der Waals surface area contributed by atoms with Crippen molar-refractivity contribution in [2.24, 2.45) is 0 Å². The fraction of sp³-hybridized carbons (Fsp3) is 0.333. The van der Waals surface area contributed by atoms with Gasteiger partial charge in [0.05, 0.1) is 0 Å². The first-order valence-corrected chi connectivity index (χ1v) is 7.24. The molecule has 20 heavy (non-hydrogen) atoms. The summed E-state index contributed by atoms with van der Waals surface area (Å²) in [4.78, 5) is 0. The van der Waals surface area contributed by atoms with Crippen molar-refractivity contribution in [2.75, 3.05) is 13.6 Å². The maximum atomic E-state index is 13.9. The lowest BCUT2D eigenvalue weighted by Crippen LogP contribution is -2.18. The highest BCUT2D eigenvalue weighted by atomic mass is 19.1. The molecular weight excluding hydrogens is 249 g/mol. The summed E-state index contributed by atoms with van der Waals surface area (Å²) in [7, 11) is 1.92. The lowest BCUT2D eigenvalue weighted by molar-refractivity contribution is 0.522. The molecule has 0 radical (unpaired) electrons. The topological polar surface area (TPSA) is 12.0 Å². The zero-order valence-electron chi connectivity index (χ0n) is 12.0. The second-order valence-corrected chi connectivity index (χ2v) is 5.15. The number of halogens is 1. The molecule has 0 heterocycles. The average Bonchev–Trinajstić information content (AvgIpc) is 2.48. The Morgan fingerprint density at radius 3 is 2.40 bits per heavy atom. The van der Waals surface area contributed by atoms with Gasteiger partial charge in [0.15, 0.2) is 0 Å². The molecule has 0 amide bonds. The fourth-order valence-electron chi connectivity index (χ4n) is 2.62. The summed E-state index contributed by atoms with van der Waals surface area (Å²) in [6.07, 6.45) is 3.12. The molecule has 0 saturated carbocycles. The third kappa shape index (κ3) is 4.17.